The van der Waals surface area contributed by atoms with E-state index < -0.39 is 6.10 Å². The SMILES string of the molecule is CN1CCc2c(n(CC(O)c3ccccc3)c3ccc(Cl)cc23)C1. The van der Waals surface area contributed by atoms with Gasteiger partial charge >= 0.3 is 0 Å². The summed E-state index contributed by atoms with van der Waals surface area (Å²) in [5, 5.41) is 12.7. The number of hydrogen-bond donors (Lipinski definition) is 1. The molecule has 1 aromatic heterocycles. The van der Waals surface area contributed by atoms with Crippen molar-refractivity contribution < 1.29 is 5.11 Å². The number of nitrogens with zero attached hydrogens (tertiary/aromatic N) is 2. The van der Waals surface area contributed by atoms with Crippen LogP contribution in [-0.4, -0.2) is 28.2 Å². The number of rotatable bonds is 3. The third-order valence-corrected chi connectivity index (χ3v) is 5.19. The second-order valence-electron chi connectivity index (χ2n) is 6.61. The van der Waals surface area contributed by atoms with Gasteiger partial charge in [0.25, 0.3) is 0 Å². The molecule has 1 aliphatic heterocycles. The molecular formula is C20H21ClN2O. The summed E-state index contributed by atoms with van der Waals surface area (Å²) in [4.78, 5) is 2.33. The van der Waals surface area contributed by atoms with Gasteiger partial charge in [-0.25, -0.2) is 0 Å². The van der Waals surface area contributed by atoms with E-state index in [1.54, 1.807) is 0 Å². The molecular weight excluding hydrogens is 320 g/mol. The molecule has 0 radical (unpaired) electrons. The van der Waals surface area contributed by atoms with Crippen LogP contribution in [0.15, 0.2) is 48.5 Å². The molecule has 3 aromatic rings. The van der Waals surface area contributed by atoms with Gasteiger partial charge in [0.05, 0.1) is 12.6 Å². The summed E-state index contributed by atoms with van der Waals surface area (Å²) in [5.41, 5.74) is 4.79. The second kappa shape index (κ2) is 6.25. The first kappa shape index (κ1) is 15.7. The van der Waals surface area contributed by atoms with E-state index in [0.717, 1.165) is 35.6 Å². The van der Waals surface area contributed by atoms with E-state index in [0.29, 0.717) is 6.54 Å². The van der Waals surface area contributed by atoms with Gasteiger partial charge in [-0.2, -0.15) is 0 Å². The monoisotopic (exact) mass is 340 g/mol. The highest BCUT2D eigenvalue weighted by Gasteiger charge is 2.23. The quantitative estimate of drug-likeness (QED) is 0.780. The van der Waals surface area contributed by atoms with Gasteiger partial charge in [0.1, 0.15) is 0 Å². The summed E-state index contributed by atoms with van der Waals surface area (Å²) in [6.07, 6.45) is 0.505. The normalized spacial score (nSPS) is 16.3. The van der Waals surface area contributed by atoms with Crippen molar-refractivity contribution in [3.63, 3.8) is 0 Å². The van der Waals surface area contributed by atoms with Crippen molar-refractivity contribution in [3.8, 4) is 0 Å². The highest BCUT2D eigenvalue weighted by atomic mass is 35.5. The van der Waals surface area contributed by atoms with Crippen LogP contribution in [0.3, 0.4) is 0 Å². The summed E-state index contributed by atoms with van der Waals surface area (Å²) >= 11 is 6.23. The zero-order chi connectivity index (χ0) is 16.7. The summed E-state index contributed by atoms with van der Waals surface area (Å²) < 4.78 is 2.27. The van der Waals surface area contributed by atoms with E-state index in [1.807, 2.05) is 36.4 Å². The molecule has 2 heterocycles. The predicted molar refractivity (Wildman–Crippen MR) is 98.4 cm³/mol. The smallest absolute Gasteiger partial charge is 0.0969 e. The van der Waals surface area contributed by atoms with Crippen molar-refractivity contribution in [2.24, 2.45) is 0 Å². The van der Waals surface area contributed by atoms with Crippen LogP contribution in [0.2, 0.25) is 5.02 Å². The third-order valence-electron chi connectivity index (χ3n) is 4.95. The van der Waals surface area contributed by atoms with Crippen molar-refractivity contribution in [1.82, 2.24) is 9.47 Å². The van der Waals surface area contributed by atoms with E-state index in [2.05, 4.69) is 28.6 Å². The molecule has 124 valence electrons. The Morgan fingerprint density at radius 3 is 2.75 bits per heavy atom. The number of aliphatic hydroxyl groups excluding tert-OH is 1. The molecule has 0 fully saturated rings. The molecule has 24 heavy (non-hydrogen) atoms. The average Bonchev–Trinajstić information content (AvgIpc) is 2.88. The van der Waals surface area contributed by atoms with Crippen molar-refractivity contribution in [3.05, 3.63) is 70.4 Å². The first-order chi connectivity index (χ1) is 11.6. The number of hydrogen-bond acceptors (Lipinski definition) is 2. The lowest BCUT2D eigenvalue weighted by molar-refractivity contribution is 0.155. The minimum atomic E-state index is -0.520. The molecule has 0 saturated carbocycles. The zero-order valence-corrected chi connectivity index (χ0v) is 14.5. The van der Waals surface area contributed by atoms with Crippen LogP contribution in [0, 0.1) is 0 Å². The first-order valence-electron chi connectivity index (χ1n) is 8.34. The van der Waals surface area contributed by atoms with Crippen molar-refractivity contribution >= 4 is 22.5 Å². The average molecular weight is 341 g/mol. The molecule has 1 aliphatic rings. The predicted octanol–water partition coefficient (Wildman–Crippen LogP) is 4.02. The number of likely N-dealkylation sites (N-methyl/N-ethyl adjacent to an activating group) is 1. The van der Waals surface area contributed by atoms with E-state index in [4.69, 9.17) is 11.6 Å². The Balaban J connectivity index is 1.81. The number of halogens is 1. The lowest BCUT2D eigenvalue weighted by Crippen LogP contribution is -2.28. The Morgan fingerprint density at radius 2 is 1.96 bits per heavy atom. The van der Waals surface area contributed by atoms with E-state index >= 15 is 0 Å². The van der Waals surface area contributed by atoms with Crippen LogP contribution >= 0.6 is 11.6 Å². The van der Waals surface area contributed by atoms with Crippen molar-refractivity contribution in [2.45, 2.75) is 25.6 Å². The van der Waals surface area contributed by atoms with E-state index in [1.165, 1.54) is 16.6 Å². The first-order valence-corrected chi connectivity index (χ1v) is 8.72. The summed E-state index contributed by atoms with van der Waals surface area (Å²) in [6, 6.07) is 15.9. The Morgan fingerprint density at radius 1 is 1.17 bits per heavy atom. The lowest BCUT2D eigenvalue weighted by Gasteiger charge is -2.25. The van der Waals surface area contributed by atoms with Gasteiger partial charge in [-0.1, -0.05) is 41.9 Å². The summed E-state index contributed by atoms with van der Waals surface area (Å²) in [5.74, 6) is 0. The molecule has 0 bridgehead atoms. The van der Waals surface area contributed by atoms with Gasteiger partial charge in [0, 0.05) is 34.7 Å². The number of benzene rings is 2. The van der Waals surface area contributed by atoms with E-state index in [-0.39, 0.29) is 0 Å². The van der Waals surface area contributed by atoms with Gasteiger partial charge in [0.2, 0.25) is 0 Å². The highest BCUT2D eigenvalue weighted by Crippen LogP contribution is 2.33. The second-order valence-corrected chi connectivity index (χ2v) is 7.05. The minimum Gasteiger partial charge on any atom is -0.387 e. The fourth-order valence-corrected chi connectivity index (χ4v) is 3.88. The molecule has 1 unspecified atom stereocenters. The van der Waals surface area contributed by atoms with Crippen LogP contribution < -0.4 is 0 Å². The van der Waals surface area contributed by atoms with Gasteiger partial charge in [-0.05, 0) is 42.8 Å². The Bertz CT molecular complexity index is 872. The number of aliphatic hydroxyl groups is 1. The number of fused-ring (bicyclic) bond motifs is 3. The van der Waals surface area contributed by atoms with Crippen LogP contribution in [-0.2, 0) is 19.5 Å². The molecule has 0 saturated heterocycles. The zero-order valence-electron chi connectivity index (χ0n) is 13.7. The maximum atomic E-state index is 10.7. The topological polar surface area (TPSA) is 28.4 Å². The Hall–Kier alpha value is -1.81. The molecule has 2 aromatic carbocycles. The number of aromatic nitrogens is 1. The van der Waals surface area contributed by atoms with Crippen molar-refractivity contribution in [2.75, 3.05) is 13.6 Å². The fourth-order valence-electron chi connectivity index (χ4n) is 3.71. The fraction of sp³-hybridized carbons (Fsp3) is 0.300. The molecule has 4 heteroatoms. The Labute approximate surface area is 147 Å². The molecule has 1 atom stereocenters. The molecule has 4 rings (SSSR count). The maximum Gasteiger partial charge on any atom is 0.0969 e. The lowest BCUT2D eigenvalue weighted by atomic mass is 10.0. The van der Waals surface area contributed by atoms with Gasteiger partial charge < -0.3 is 14.6 Å². The van der Waals surface area contributed by atoms with Gasteiger partial charge in [0.15, 0.2) is 0 Å². The molecule has 0 spiro atoms. The molecule has 0 aliphatic carbocycles. The van der Waals surface area contributed by atoms with E-state index in [9.17, 15) is 5.11 Å². The van der Waals surface area contributed by atoms with Crippen LogP contribution in [0.4, 0.5) is 0 Å². The Kier molecular flexibility index (Phi) is 4.09. The largest absolute Gasteiger partial charge is 0.387 e. The molecule has 3 nitrogen and oxygen atoms in total. The maximum absolute atomic E-state index is 10.7. The van der Waals surface area contributed by atoms with Crippen LogP contribution in [0.25, 0.3) is 10.9 Å². The van der Waals surface area contributed by atoms with Gasteiger partial charge in [-0.15, -0.1) is 0 Å². The minimum absolute atomic E-state index is 0.520. The summed E-state index contributed by atoms with van der Waals surface area (Å²) in [6.45, 7) is 2.52. The van der Waals surface area contributed by atoms with Gasteiger partial charge in [-0.3, -0.25) is 0 Å². The standard InChI is InChI=1S/C20H21ClN2O/c1-22-10-9-16-17-11-15(21)7-8-18(17)23(19(16)12-22)13-20(24)14-5-3-2-4-6-14/h2-8,11,20,24H,9-10,12-13H2,1H3. The highest BCUT2D eigenvalue weighted by molar-refractivity contribution is 6.31. The molecule has 0 amide bonds. The third kappa shape index (κ3) is 2.73. The summed E-state index contributed by atoms with van der Waals surface area (Å²) in [7, 11) is 2.14. The molecule has 1 N–H and O–H groups in total. The van der Waals surface area contributed by atoms with Crippen LogP contribution in [0.5, 0.6) is 0 Å². The van der Waals surface area contributed by atoms with Crippen molar-refractivity contribution in [1.29, 1.82) is 0 Å². The van der Waals surface area contributed by atoms with Crippen LogP contribution in [0.1, 0.15) is 22.9 Å².